The second kappa shape index (κ2) is 8.57. The molecule has 0 aliphatic heterocycles. The molecule has 2 N–H and O–H groups in total. The molecule has 2 heterocycles. The molecule has 0 aliphatic carbocycles. The fourth-order valence-electron chi connectivity index (χ4n) is 2.48. The summed E-state index contributed by atoms with van der Waals surface area (Å²) < 4.78 is 0. The third-order valence-corrected chi connectivity index (χ3v) is 5.37. The Morgan fingerprint density at radius 3 is 2.20 bits per heavy atom. The van der Waals surface area contributed by atoms with E-state index >= 15 is 0 Å². The average Bonchev–Trinajstić information content (AvgIpc) is 3.13. The summed E-state index contributed by atoms with van der Waals surface area (Å²) in [4.78, 5) is 2.73. The lowest BCUT2D eigenvalue weighted by atomic mass is 9.99. The van der Waals surface area contributed by atoms with E-state index in [1.54, 1.807) is 22.7 Å². The van der Waals surface area contributed by atoms with Gasteiger partial charge in [-0.3, -0.25) is 0 Å². The third kappa shape index (κ3) is 4.42. The van der Waals surface area contributed by atoms with Crippen LogP contribution in [0.3, 0.4) is 0 Å². The second-order valence-electron chi connectivity index (χ2n) is 5.04. The Hall–Kier alpha value is -0.680. The number of aliphatic hydroxyl groups excluding tert-OH is 1. The highest BCUT2D eigenvalue weighted by Crippen LogP contribution is 2.29. The number of thiophene rings is 2. The largest absolute Gasteiger partial charge is 0.396 e. The Morgan fingerprint density at radius 2 is 1.75 bits per heavy atom. The summed E-state index contributed by atoms with van der Waals surface area (Å²) in [7, 11) is 0. The zero-order chi connectivity index (χ0) is 14.2. The van der Waals surface area contributed by atoms with Crippen LogP contribution in [-0.2, 0) is 0 Å². The third-order valence-electron chi connectivity index (χ3n) is 3.50. The molecule has 0 bridgehead atoms. The van der Waals surface area contributed by atoms with Gasteiger partial charge in [0, 0.05) is 16.4 Å². The van der Waals surface area contributed by atoms with Gasteiger partial charge in [-0.05, 0) is 48.2 Å². The van der Waals surface area contributed by atoms with Crippen LogP contribution in [0.25, 0.3) is 0 Å². The minimum absolute atomic E-state index is 0.287. The molecule has 0 spiro atoms. The fraction of sp³-hybridized carbons (Fsp3) is 0.500. The van der Waals surface area contributed by atoms with E-state index in [2.05, 4.69) is 47.3 Å². The van der Waals surface area contributed by atoms with Crippen molar-refractivity contribution < 1.29 is 5.11 Å². The lowest BCUT2D eigenvalue weighted by Gasteiger charge is -2.21. The van der Waals surface area contributed by atoms with Gasteiger partial charge in [-0.15, -0.1) is 22.7 Å². The van der Waals surface area contributed by atoms with Crippen molar-refractivity contribution in [2.45, 2.75) is 32.2 Å². The van der Waals surface area contributed by atoms with E-state index in [0.29, 0.717) is 12.0 Å². The molecule has 2 aromatic heterocycles. The molecule has 2 nitrogen and oxygen atoms in total. The number of aliphatic hydroxyl groups is 1. The molecule has 0 radical (unpaired) electrons. The molecule has 1 atom stereocenters. The van der Waals surface area contributed by atoms with Crippen LogP contribution < -0.4 is 5.32 Å². The van der Waals surface area contributed by atoms with Crippen LogP contribution in [-0.4, -0.2) is 18.3 Å². The minimum atomic E-state index is 0.287. The summed E-state index contributed by atoms with van der Waals surface area (Å²) in [6.45, 7) is 3.46. The first-order valence-corrected chi connectivity index (χ1v) is 9.02. The summed E-state index contributed by atoms with van der Waals surface area (Å²) >= 11 is 3.60. The van der Waals surface area contributed by atoms with Crippen molar-refractivity contribution in [1.29, 1.82) is 0 Å². The van der Waals surface area contributed by atoms with Crippen molar-refractivity contribution >= 4 is 22.7 Å². The SMILES string of the molecule is CCCC(CCO)CNC(c1cccs1)c1cccs1. The highest BCUT2D eigenvalue weighted by molar-refractivity contribution is 7.11. The van der Waals surface area contributed by atoms with E-state index in [-0.39, 0.29) is 6.61 Å². The molecule has 0 aliphatic rings. The first kappa shape index (κ1) is 15.7. The van der Waals surface area contributed by atoms with Gasteiger partial charge in [0.2, 0.25) is 0 Å². The quantitative estimate of drug-likeness (QED) is 0.724. The highest BCUT2D eigenvalue weighted by atomic mass is 32.1. The van der Waals surface area contributed by atoms with Crippen LogP contribution in [0.4, 0.5) is 0 Å². The number of rotatable bonds is 9. The van der Waals surface area contributed by atoms with Gasteiger partial charge >= 0.3 is 0 Å². The molecular formula is C16H23NOS2. The van der Waals surface area contributed by atoms with Crippen LogP contribution in [0.15, 0.2) is 35.0 Å². The van der Waals surface area contributed by atoms with Gasteiger partial charge in [0.05, 0.1) is 6.04 Å². The molecule has 0 aromatic carbocycles. The van der Waals surface area contributed by atoms with Gasteiger partial charge in [0.25, 0.3) is 0 Å². The predicted octanol–water partition coefficient (Wildman–Crippen LogP) is 4.29. The lowest BCUT2D eigenvalue weighted by molar-refractivity contribution is 0.246. The van der Waals surface area contributed by atoms with Gasteiger partial charge < -0.3 is 10.4 Å². The molecule has 0 fully saturated rings. The van der Waals surface area contributed by atoms with E-state index in [1.807, 2.05) is 0 Å². The molecule has 2 rings (SSSR count). The van der Waals surface area contributed by atoms with Gasteiger partial charge in [0.15, 0.2) is 0 Å². The maximum absolute atomic E-state index is 9.17. The zero-order valence-corrected chi connectivity index (χ0v) is 13.6. The first-order chi connectivity index (χ1) is 9.85. The normalized spacial score (nSPS) is 12.9. The van der Waals surface area contributed by atoms with Crippen molar-refractivity contribution in [3.8, 4) is 0 Å². The molecule has 1 unspecified atom stereocenters. The van der Waals surface area contributed by atoms with Crippen LogP contribution in [0.2, 0.25) is 0 Å². The fourth-order valence-corrected chi connectivity index (χ4v) is 4.19. The summed E-state index contributed by atoms with van der Waals surface area (Å²) in [5.74, 6) is 0.562. The minimum Gasteiger partial charge on any atom is -0.396 e. The smallest absolute Gasteiger partial charge is 0.0764 e. The van der Waals surface area contributed by atoms with Gasteiger partial charge in [-0.1, -0.05) is 25.5 Å². The Kier molecular flexibility index (Phi) is 6.73. The number of nitrogens with one attached hydrogen (secondary N) is 1. The van der Waals surface area contributed by atoms with E-state index < -0.39 is 0 Å². The van der Waals surface area contributed by atoms with Crippen LogP contribution in [0.5, 0.6) is 0 Å². The predicted molar refractivity (Wildman–Crippen MR) is 88.6 cm³/mol. The van der Waals surface area contributed by atoms with E-state index in [4.69, 9.17) is 0 Å². The molecule has 0 amide bonds. The summed E-state index contributed by atoms with van der Waals surface area (Å²) in [6, 6.07) is 8.92. The molecule has 20 heavy (non-hydrogen) atoms. The standard InChI is InChI=1S/C16H23NOS2/c1-2-5-13(8-9-18)12-17-16(14-6-3-10-19-14)15-7-4-11-20-15/h3-4,6-7,10-11,13,16-18H,2,5,8-9,12H2,1H3. The summed E-state index contributed by atoms with van der Waals surface area (Å²) in [6.07, 6.45) is 3.24. The van der Waals surface area contributed by atoms with Crippen molar-refractivity contribution in [2.75, 3.05) is 13.2 Å². The Morgan fingerprint density at radius 1 is 1.10 bits per heavy atom. The Bertz CT molecular complexity index is 413. The second-order valence-corrected chi connectivity index (χ2v) is 7.00. The first-order valence-electron chi connectivity index (χ1n) is 7.26. The lowest BCUT2D eigenvalue weighted by Crippen LogP contribution is -2.27. The van der Waals surface area contributed by atoms with Crippen LogP contribution >= 0.6 is 22.7 Å². The zero-order valence-electron chi connectivity index (χ0n) is 11.9. The maximum Gasteiger partial charge on any atom is 0.0764 e. The van der Waals surface area contributed by atoms with Crippen LogP contribution in [0, 0.1) is 5.92 Å². The van der Waals surface area contributed by atoms with Gasteiger partial charge in [0.1, 0.15) is 0 Å². The van der Waals surface area contributed by atoms with Crippen LogP contribution in [0.1, 0.15) is 42.0 Å². The molecule has 0 saturated carbocycles. The maximum atomic E-state index is 9.17. The number of hydrogen-bond acceptors (Lipinski definition) is 4. The summed E-state index contributed by atoms with van der Waals surface area (Å²) in [5.41, 5.74) is 0. The summed E-state index contributed by atoms with van der Waals surface area (Å²) in [5, 5.41) is 17.1. The average molecular weight is 310 g/mol. The molecule has 4 heteroatoms. The monoisotopic (exact) mass is 309 g/mol. The number of hydrogen-bond donors (Lipinski definition) is 2. The van der Waals surface area contributed by atoms with Gasteiger partial charge in [-0.2, -0.15) is 0 Å². The van der Waals surface area contributed by atoms with E-state index in [0.717, 1.165) is 13.0 Å². The van der Waals surface area contributed by atoms with E-state index in [9.17, 15) is 5.11 Å². The van der Waals surface area contributed by atoms with Crippen molar-refractivity contribution in [1.82, 2.24) is 5.32 Å². The highest BCUT2D eigenvalue weighted by Gasteiger charge is 2.17. The Balaban J connectivity index is 2.01. The molecule has 2 aromatic rings. The van der Waals surface area contributed by atoms with Crippen molar-refractivity contribution in [2.24, 2.45) is 5.92 Å². The van der Waals surface area contributed by atoms with Gasteiger partial charge in [-0.25, -0.2) is 0 Å². The molecule has 0 saturated heterocycles. The van der Waals surface area contributed by atoms with Crippen molar-refractivity contribution in [3.63, 3.8) is 0 Å². The van der Waals surface area contributed by atoms with E-state index in [1.165, 1.54) is 22.6 Å². The Labute approximate surface area is 129 Å². The molecule has 110 valence electrons. The molecular weight excluding hydrogens is 286 g/mol. The topological polar surface area (TPSA) is 32.3 Å². The van der Waals surface area contributed by atoms with Crippen molar-refractivity contribution in [3.05, 3.63) is 44.8 Å².